The number of nitrogens with one attached hydrogen (secondary N) is 2. The number of aromatic amines is 1. The topological polar surface area (TPSA) is 120 Å². The smallest absolute Gasteiger partial charge is 0.244 e. The van der Waals surface area contributed by atoms with E-state index < -0.39 is 6.04 Å². The van der Waals surface area contributed by atoms with Crippen molar-refractivity contribution in [2.45, 2.75) is 25.7 Å². The molecule has 1 atom stereocenters. The van der Waals surface area contributed by atoms with Gasteiger partial charge in [0.05, 0.1) is 12.1 Å². The lowest BCUT2D eigenvalue weighted by molar-refractivity contribution is -0.148. The number of nitrogens with zero attached hydrogens (tertiary/aromatic N) is 4. The molecule has 4 N–H and O–H groups in total. The van der Waals surface area contributed by atoms with E-state index in [1.54, 1.807) is 4.90 Å². The first-order valence-corrected chi connectivity index (χ1v) is 13.4. The van der Waals surface area contributed by atoms with Crippen LogP contribution in [-0.2, 0) is 29.2 Å². The van der Waals surface area contributed by atoms with E-state index in [9.17, 15) is 9.59 Å². The Kier molecular flexibility index (Phi) is 7.06. The number of carbonyl (C=O) groups is 2. The molecule has 1 unspecified atom stereocenters. The van der Waals surface area contributed by atoms with Gasteiger partial charge in [-0.15, -0.1) is 0 Å². The van der Waals surface area contributed by atoms with Crippen LogP contribution in [0.15, 0.2) is 79.1 Å². The molecule has 1 saturated heterocycles. The van der Waals surface area contributed by atoms with Gasteiger partial charge in [0.15, 0.2) is 0 Å². The molecule has 6 rings (SSSR count). The Morgan fingerprint density at radius 2 is 1.88 bits per heavy atom. The van der Waals surface area contributed by atoms with Gasteiger partial charge < -0.3 is 20.9 Å². The maximum atomic E-state index is 13.6. The molecule has 0 aliphatic carbocycles. The lowest BCUT2D eigenvalue weighted by Gasteiger charge is -2.40. The SMILES string of the molecule is Nc1ncnc2cc(CN3C(=O)CN(Cc4cc5cc(Cl)ccc5[nH]4)CC3C(=O)NCc3ccccc3)ccc12. The standard InChI is InChI=1S/C30H28ClN7O2/c31-22-7-9-25-21(11-22)12-23(36-25)15-37-16-27(30(40)33-13-19-4-2-1-3-5-19)38(28(39)17-37)14-20-6-8-24-26(10-20)34-18-35-29(24)32/h1-12,18,27,36H,13-17H2,(H,33,40)(H2,32,34,35). The fraction of sp³-hybridized carbons (Fsp3) is 0.200. The molecule has 0 radical (unpaired) electrons. The van der Waals surface area contributed by atoms with Gasteiger partial charge in [0.25, 0.3) is 0 Å². The zero-order valence-electron chi connectivity index (χ0n) is 21.7. The lowest BCUT2D eigenvalue weighted by atomic mass is 10.1. The maximum absolute atomic E-state index is 13.6. The van der Waals surface area contributed by atoms with E-state index in [0.29, 0.717) is 36.0 Å². The van der Waals surface area contributed by atoms with Crippen molar-refractivity contribution in [1.29, 1.82) is 0 Å². The second-order valence-electron chi connectivity index (χ2n) is 10.0. The van der Waals surface area contributed by atoms with E-state index in [2.05, 4.69) is 20.3 Å². The summed E-state index contributed by atoms with van der Waals surface area (Å²) in [6.07, 6.45) is 1.42. The Hall–Kier alpha value is -4.47. The largest absolute Gasteiger partial charge is 0.383 e. The first-order valence-electron chi connectivity index (χ1n) is 13.0. The van der Waals surface area contributed by atoms with Crippen molar-refractivity contribution in [1.82, 2.24) is 30.1 Å². The molecule has 0 spiro atoms. The molecule has 0 bridgehead atoms. The first-order chi connectivity index (χ1) is 19.4. The predicted octanol–water partition coefficient (Wildman–Crippen LogP) is 3.88. The van der Waals surface area contributed by atoms with Gasteiger partial charge in [-0.2, -0.15) is 0 Å². The van der Waals surface area contributed by atoms with Crippen LogP contribution in [0.5, 0.6) is 0 Å². The molecule has 1 aliphatic rings. The average Bonchev–Trinajstić information content (AvgIpc) is 3.35. The van der Waals surface area contributed by atoms with Gasteiger partial charge >= 0.3 is 0 Å². The minimum atomic E-state index is -0.671. The Balaban J connectivity index is 1.24. The monoisotopic (exact) mass is 553 g/mol. The van der Waals surface area contributed by atoms with Crippen molar-refractivity contribution < 1.29 is 9.59 Å². The average molecular weight is 554 g/mol. The zero-order chi connectivity index (χ0) is 27.6. The van der Waals surface area contributed by atoms with Gasteiger partial charge in [0, 0.05) is 53.2 Å². The highest BCUT2D eigenvalue weighted by Gasteiger charge is 2.37. The van der Waals surface area contributed by atoms with Crippen molar-refractivity contribution in [2.24, 2.45) is 0 Å². The molecule has 9 nitrogen and oxygen atoms in total. The van der Waals surface area contributed by atoms with Crippen molar-refractivity contribution in [3.05, 3.63) is 101 Å². The zero-order valence-corrected chi connectivity index (χ0v) is 22.4. The number of amides is 2. The summed E-state index contributed by atoms with van der Waals surface area (Å²) in [5, 5.41) is 5.46. The van der Waals surface area contributed by atoms with Crippen LogP contribution in [0.4, 0.5) is 5.82 Å². The fourth-order valence-corrected chi connectivity index (χ4v) is 5.40. The van der Waals surface area contributed by atoms with Crippen LogP contribution < -0.4 is 11.1 Å². The predicted molar refractivity (Wildman–Crippen MR) is 155 cm³/mol. The van der Waals surface area contributed by atoms with Gasteiger partial charge in [0.2, 0.25) is 11.8 Å². The minimum Gasteiger partial charge on any atom is -0.383 e. The highest BCUT2D eigenvalue weighted by atomic mass is 35.5. The normalized spacial score (nSPS) is 16.1. The summed E-state index contributed by atoms with van der Waals surface area (Å²) in [6, 6.07) is 22.4. The number of hydrogen-bond donors (Lipinski definition) is 3. The van der Waals surface area contributed by atoms with E-state index in [4.69, 9.17) is 17.3 Å². The molecule has 40 heavy (non-hydrogen) atoms. The van der Waals surface area contributed by atoms with Crippen LogP contribution in [0.1, 0.15) is 16.8 Å². The molecule has 10 heteroatoms. The van der Waals surface area contributed by atoms with Crippen LogP contribution >= 0.6 is 11.6 Å². The van der Waals surface area contributed by atoms with Crippen LogP contribution in [0.25, 0.3) is 21.8 Å². The van der Waals surface area contributed by atoms with Crippen LogP contribution in [0.2, 0.25) is 5.02 Å². The number of aromatic nitrogens is 3. The van der Waals surface area contributed by atoms with E-state index in [1.807, 2.05) is 77.7 Å². The number of halogens is 1. The maximum Gasteiger partial charge on any atom is 0.244 e. The third-order valence-corrected chi connectivity index (χ3v) is 7.45. The number of fused-ring (bicyclic) bond motifs is 2. The fourth-order valence-electron chi connectivity index (χ4n) is 5.22. The second kappa shape index (κ2) is 11.0. The summed E-state index contributed by atoms with van der Waals surface area (Å²) >= 11 is 6.16. The second-order valence-corrected chi connectivity index (χ2v) is 10.5. The molecule has 202 valence electrons. The Morgan fingerprint density at radius 3 is 2.73 bits per heavy atom. The first kappa shape index (κ1) is 25.8. The van der Waals surface area contributed by atoms with Crippen molar-refractivity contribution in [3.63, 3.8) is 0 Å². The Labute approximate surface area is 236 Å². The van der Waals surface area contributed by atoms with Crippen molar-refractivity contribution in [3.8, 4) is 0 Å². The number of carbonyl (C=O) groups excluding carboxylic acids is 2. The molecule has 2 aromatic heterocycles. The van der Waals surface area contributed by atoms with Gasteiger partial charge in [-0.3, -0.25) is 14.5 Å². The lowest BCUT2D eigenvalue weighted by Crippen LogP contribution is -2.60. The molecular weight excluding hydrogens is 526 g/mol. The number of piperazine rings is 1. The molecule has 1 aliphatic heterocycles. The summed E-state index contributed by atoms with van der Waals surface area (Å²) < 4.78 is 0. The van der Waals surface area contributed by atoms with Gasteiger partial charge in [0.1, 0.15) is 18.2 Å². The molecule has 2 amide bonds. The summed E-state index contributed by atoms with van der Waals surface area (Å²) in [5.74, 6) is 0.0870. The number of anilines is 1. The molecule has 0 saturated carbocycles. The Bertz CT molecular complexity index is 1710. The quantitative estimate of drug-likeness (QED) is 0.281. The van der Waals surface area contributed by atoms with Gasteiger partial charge in [-0.05, 0) is 47.5 Å². The molecular formula is C30H28ClN7O2. The summed E-state index contributed by atoms with van der Waals surface area (Å²) in [5.41, 5.74) is 10.5. The number of nitrogens with two attached hydrogens (primary N) is 1. The van der Waals surface area contributed by atoms with Crippen LogP contribution in [0.3, 0.4) is 0 Å². The van der Waals surface area contributed by atoms with Crippen LogP contribution in [-0.4, -0.2) is 55.7 Å². The highest BCUT2D eigenvalue weighted by Crippen LogP contribution is 2.24. The van der Waals surface area contributed by atoms with Crippen LogP contribution in [0, 0.1) is 0 Å². The van der Waals surface area contributed by atoms with Gasteiger partial charge in [-0.1, -0.05) is 48.0 Å². The molecule has 3 heterocycles. The van der Waals surface area contributed by atoms with Crippen molar-refractivity contribution >= 4 is 51.0 Å². The molecule has 3 aromatic carbocycles. The van der Waals surface area contributed by atoms with Crippen molar-refractivity contribution in [2.75, 3.05) is 18.8 Å². The highest BCUT2D eigenvalue weighted by molar-refractivity contribution is 6.31. The van der Waals surface area contributed by atoms with E-state index >= 15 is 0 Å². The summed E-state index contributed by atoms with van der Waals surface area (Å²) in [6.45, 7) is 1.75. The number of hydrogen-bond acceptors (Lipinski definition) is 6. The van der Waals surface area contributed by atoms with E-state index in [1.165, 1.54) is 6.33 Å². The summed E-state index contributed by atoms with van der Waals surface area (Å²) in [7, 11) is 0. The van der Waals surface area contributed by atoms with E-state index in [-0.39, 0.29) is 24.9 Å². The number of nitrogen functional groups attached to an aromatic ring is 1. The minimum absolute atomic E-state index is 0.118. The number of benzene rings is 3. The number of rotatable bonds is 7. The summed E-state index contributed by atoms with van der Waals surface area (Å²) in [4.78, 5) is 42.5. The number of H-pyrrole nitrogens is 1. The molecule has 5 aromatic rings. The Morgan fingerprint density at radius 1 is 1.02 bits per heavy atom. The van der Waals surface area contributed by atoms with Gasteiger partial charge in [-0.25, -0.2) is 9.97 Å². The molecule has 1 fully saturated rings. The third kappa shape index (κ3) is 5.47. The third-order valence-electron chi connectivity index (χ3n) is 7.22. The van der Waals surface area contributed by atoms with E-state index in [0.717, 1.165) is 33.1 Å².